The summed E-state index contributed by atoms with van der Waals surface area (Å²) in [7, 11) is 2.00. The number of guanidine groups is 1. The summed E-state index contributed by atoms with van der Waals surface area (Å²) in [6, 6.07) is 0.143. The molecule has 1 aliphatic rings. The van der Waals surface area contributed by atoms with E-state index >= 15 is 0 Å². The molecule has 0 saturated carbocycles. The molecule has 12 heavy (non-hydrogen) atoms. The minimum Gasteiger partial charge on any atom is -0.394 e. The highest BCUT2D eigenvalue weighted by Crippen LogP contribution is 1.98. The fraction of sp³-hybridized carbons (Fsp3) is 0.875. The molecule has 1 aliphatic heterocycles. The Hall–Kier alpha value is -0.770. The zero-order chi connectivity index (χ0) is 8.97. The van der Waals surface area contributed by atoms with E-state index in [-0.39, 0.29) is 12.6 Å². The van der Waals surface area contributed by atoms with Crippen LogP contribution in [0.3, 0.4) is 0 Å². The molecule has 0 radical (unpaired) electrons. The summed E-state index contributed by atoms with van der Waals surface area (Å²) in [6.07, 6.45) is 0.920. The van der Waals surface area contributed by atoms with E-state index in [4.69, 9.17) is 5.11 Å². The van der Waals surface area contributed by atoms with E-state index in [1.807, 2.05) is 14.0 Å². The summed E-state index contributed by atoms with van der Waals surface area (Å²) in [6.45, 7) is 4.05. The molecule has 0 aromatic heterocycles. The first-order valence-corrected chi connectivity index (χ1v) is 4.41. The Kier molecular flexibility index (Phi) is 3.34. The maximum absolute atomic E-state index is 8.94. The molecule has 0 fully saturated rings. The van der Waals surface area contributed by atoms with Crippen LogP contribution >= 0.6 is 0 Å². The quantitative estimate of drug-likeness (QED) is 0.610. The Morgan fingerprint density at radius 2 is 2.50 bits per heavy atom. The van der Waals surface area contributed by atoms with Gasteiger partial charge in [-0.3, -0.25) is 4.99 Å². The SMILES string of the molecule is CC[C@@H](CO)NC1=NCCN1C. The van der Waals surface area contributed by atoms with Crippen molar-refractivity contribution in [2.75, 3.05) is 26.7 Å². The smallest absolute Gasteiger partial charge is 0.194 e. The van der Waals surface area contributed by atoms with Crippen molar-refractivity contribution >= 4 is 5.96 Å². The third-order valence-electron chi connectivity index (χ3n) is 2.10. The van der Waals surface area contributed by atoms with Crippen molar-refractivity contribution in [3.63, 3.8) is 0 Å². The predicted molar refractivity (Wildman–Crippen MR) is 49.2 cm³/mol. The standard InChI is InChI=1S/C8H17N3O/c1-3-7(6-12)10-8-9-4-5-11(8)2/h7,12H,3-6H2,1-2H3,(H,9,10)/t7-/m0/s1. The predicted octanol–water partition coefficient (Wildman–Crippen LogP) is -0.352. The molecule has 0 bridgehead atoms. The molecule has 0 amide bonds. The van der Waals surface area contributed by atoms with Crippen LogP contribution in [0.1, 0.15) is 13.3 Å². The van der Waals surface area contributed by atoms with Gasteiger partial charge in [0.05, 0.1) is 19.2 Å². The van der Waals surface area contributed by atoms with E-state index in [1.54, 1.807) is 0 Å². The zero-order valence-corrected chi connectivity index (χ0v) is 7.75. The summed E-state index contributed by atoms with van der Waals surface area (Å²) >= 11 is 0. The third kappa shape index (κ3) is 2.11. The molecule has 1 rings (SSSR count). The summed E-state index contributed by atoms with van der Waals surface area (Å²) in [4.78, 5) is 6.34. The number of aliphatic imine (C=N–C) groups is 1. The molecule has 4 nitrogen and oxygen atoms in total. The van der Waals surface area contributed by atoms with Gasteiger partial charge in [-0.15, -0.1) is 0 Å². The number of likely N-dealkylation sites (N-methyl/N-ethyl adjacent to an activating group) is 1. The van der Waals surface area contributed by atoms with Crippen molar-refractivity contribution in [2.24, 2.45) is 4.99 Å². The van der Waals surface area contributed by atoms with Crippen LogP contribution < -0.4 is 5.32 Å². The van der Waals surface area contributed by atoms with E-state index in [9.17, 15) is 0 Å². The number of nitrogens with one attached hydrogen (secondary N) is 1. The Labute approximate surface area is 73.3 Å². The molecule has 0 aromatic rings. The number of hydrogen-bond acceptors (Lipinski definition) is 4. The Morgan fingerprint density at radius 3 is 2.92 bits per heavy atom. The summed E-state index contributed by atoms with van der Waals surface area (Å²) in [5, 5.41) is 12.1. The summed E-state index contributed by atoms with van der Waals surface area (Å²) in [5.74, 6) is 0.913. The molecule has 0 aliphatic carbocycles. The lowest BCUT2D eigenvalue weighted by atomic mass is 10.2. The average Bonchev–Trinajstić information content (AvgIpc) is 2.47. The van der Waals surface area contributed by atoms with Crippen LogP contribution in [0.25, 0.3) is 0 Å². The number of hydrogen-bond donors (Lipinski definition) is 2. The molecule has 70 valence electrons. The molecule has 0 aromatic carbocycles. The molecular formula is C8H17N3O. The third-order valence-corrected chi connectivity index (χ3v) is 2.10. The lowest BCUT2D eigenvalue weighted by Crippen LogP contribution is -2.43. The molecule has 0 unspecified atom stereocenters. The van der Waals surface area contributed by atoms with Gasteiger partial charge in [0.2, 0.25) is 0 Å². The fourth-order valence-electron chi connectivity index (χ4n) is 1.15. The van der Waals surface area contributed by atoms with E-state index in [2.05, 4.69) is 15.2 Å². The number of aliphatic hydroxyl groups is 1. The highest BCUT2D eigenvalue weighted by atomic mass is 16.3. The Morgan fingerprint density at radius 1 is 1.75 bits per heavy atom. The minimum absolute atomic E-state index is 0.143. The second-order valence-electron chi connectivity index (χ2n) is 3.06. The second kappa shape index (κ2) is 4.30. The van der Waals surface area contributed by atoms with Crippen LogP contribution in [0.2, 0.25) is 0 Å². The molecule has 4 heteroatoms. The van der Waals surface area contributed by atoms with Crippen LogP contribution in [0.5, 0.6) is 0 Å². The fourth-order valence-corrected chi connectivity index (χ4v) is 1.15. The lowest BCUT2D eigenvalue weighted by molar-refractivity contribution is 0.250. The number of aliphatic hydroxyl groups excluding tert-OH is 1. The minimum atomic E-state index is 0.143. The van der Waals surface area contributed by atoms with Gasteiger partial charge in [0.15, 0.2) is 5.96 Å². The second-order valence-corrected chi connectivity index (χ2v) is 3.06. The molecular weight excluding hydrogens is 154 g/mol. The van der Waals surface area contributed by atoms with Crippen molar-refractivity contribution < 1.29 is 5.11 Å². The first kappa shape index (κ1) is 9.32. The summed E-state index contributed by atoms with van der Waals surface area (Å²) in [5.41, 5.74) is 0. The Bertz CT molecular complexity index is 166. The highest BCUT2D eigenvalue weighted by molar-refractivity contribution is 5.81. The van der Waals surface area contributed by atoms with Crippen LogP contribution in [0.4, 0.5) is 0 Å². The van der Waals surface area contributed by atoms with Gasteiger partial charge in [-0.2, -0.15) is 0 Å². The van der Waals surface area contributed by atoms with E-state index in [0.717, 1.165) is 25.5 Å². The van der Waals surface area contributed by atoms with Gasteiger partial charge in [0.1, 0.15) is 0 Å². The zero-order valence-electron chi connectivity index (χ0n) is 7.75. The van der Waals surface area contributed by atoms with Crippen molar-refractivity contribution in [2.45, 2.75) is 19.4 Å². The van der Waals surface area contributed by atoms with Gasteiger partial charge < -0.3 is 15.3 Å². The first-order chi connectivity index (χ1) is 5.77. The largest absolute Gasteiger partial charge is 0.394 e. The molecule has 1 heterocycles. The molecule has 0 spiro atoms. The topological polar surface area (TPSA) is 47.9 Å². The van der Waals surface area contributed by atoms with Crippen LogP contribution in [-0.4, -0.2) is 48.8 Å². The van der Waals surface area contributed by atoms with Gasteiger partial charge in [-0.1, -0.05) is 6.92 Å². The van der Waals surface area contributed by atoms with E-state index < -0.39 is 0 Å². The van der Waals surface area contributed by atoms with Gasteiger partial charge >= 0.3 is 0 Å². The lowest BCUT2D eigenvalue weighted by Gasteiger charge is -2.20. The van der Waals surface area contributed by atoms with Gasteiger partial charge in [-0.05, 0) is 6.42 Å². The van der Waals surface area contributed by atoms with E-state index in [1.165, 1.54) is 0 Å². The van der Waals surface area contributed by atoms with Crippen molar-refractivity contribution in [1.82, 2.24) is 10.2 Å². The van der Waals surface area contributed by atoms with Crippen LogP contribution in [0, 0.1) is 0 Å². The first-order valence-electron chi connectivity index (χ1n) is 4.41. The number of rotatable bonds is 3. The number of nitrogens with zero attached hydrogens (tertiary/aromatic N) is 2. The maximum atomic E-state index is 8.94. The molecule has 1 atom stereocenters. The van der Waals surface area contributed by atoms with Gasteiger partial charge in [0, 0.05) is 13.6 Å². The molecule has 2 N–H and O–H groups in total. The molecule has 0 saturated heterocycles. The van der Waals surface area contributed by atoms with Crippen LogP contribution in [-0.2, 0) is 0 Å². The van der Waals surface area contributed by atoms with Crippen molar-refractivity contribution in [3.8, 4) is 0 Å². The van der Waals surface area contributed by atoms with Crippen molar-refractivity contribution in [3.05, 3.63) is 0 Å². The average molecular weight is 171 g/mol. The Balaban J connectivity index is 2.38. The van der Waals surface area contributed by atoms with Gasteiger partial charge in [-0.25, -0.2) is 0 Å². The highest BCUT2D eigenvalue weighted by Gasteiger charge is 2.14. The van der Waals surface area contributed by atoms with Crippen LogP contribution in [0.15, 0.2) is 4.99 Å². The van der Waals surface area contributed by atoms with Gasteiger partial charge in [0.25, 0.3) is 0 Å². The summed E-state index contributed by atoms with van der Waals surface area (Å²) < 4.78 is 0. The maximum Gasteiger partial charge on any atom is 0.194 e. The normalized spacial score (nSPS) is 19.2. The van der Waals surface area contributed by atoms with Crippen molar-refractivity contribution in [1.29, 1.82) is 0 Å². The van der Waals surface area contributed by atoms with E-state index in [0.29, 0.717) is 0 Å². The monoisotopic (exact) mass is 171 g/mol.